The van der Waals surface area contributed by atoms with Crippen LogP contribution in [0.4, 0.5) is 0 Å². The van der Waals surface area contributed by atoms with Crippen LogP contribution >= 0.6 is 0 Å². The molecule has 1 aliphatic carbocycles. The zero-order chi connectivity index (χ0) is 29.7. The van der Waals surface area contributed by atoms with Crippen molar-refractivity contribution in [2.24, 2.45) is 11.8 Å². The molecule has 0 radical (unpaired) electrons. The minimum Gasteiger partial charge on any atom is -0.356 e. The first-order chi connectivity index (χ1) is 20.4. The Balaban J connectivity index is 1.47. The molecule has 1 saturated heterocycles. The zero-order valence-electron chi connectivity index (χ0n) is 23.8. The van der Waals surface area contributed by atoms with Gasteiger partial charge in [0.25, 0.3) is 5.91 Å². The summed E-state index contributed by atoms with van der Waals surface area (Å²) >= 11 is 0. The van der Waals surface area contributed by atoms with E-state index in [-0.39, 0.29) is 24.8 Å². The van der Waals surface area contributed by atoms with Gasteiger partial charge in [0.2, 0.25) is 23.5 Å². The Morgan fingerprint density at radius 2 is 1.52 bits per heavy atom. The van der Waals surface area contributed by atoms with Crippen molar-refractivity contribution < 1.29 is 24.0 Å². The molecule has 42 heavy (non-hydrogen) atoms. The molecule has 2 aromatic rings. The molecule has 1 saturated carbocycles. The molecule has 3 atom stereocenters. The number of carbonyl (C=O) groups is 5. The van der Waals surface area contributed by atoms with Crippen LogP contribution in [-0.2, 0) is 30.5 Å². The Morgan fingerprint density at radius 1 is 0.833 bits per heavy atom. The van der Waals surface area contributed by atoms with Crippen LogP contribution in [0.5, 0.6) is 0 Å². The van der Waals surface area contributed by atoms with E-state index in [1.807, 2.05) is 60.7 Å². The lowest BCUT2D eigenvalue weighted by atomic mass is 9.84. The fraction of sp³-hybridized carbons (Fsp3) is 0.424. The van der Waals surface area contributed by atoms with Crippen molar-refractivity contribution in [3.8, 4) is 0 Å². The second-order valence-corrected chi connectivity index (χ2v) is 11.2. The second kappa shape index (κ2) is 15.7. The van der Waals surface area contributed by atoms with Crippen molar-refractivity contribution in [3.05, 3.63) is 77.9 Å². The summed E-state index contributed by atoms with van der Waals surface area (Å²) < 4.78 is 0. The average Bonchev–Trinajstić information content (AvgIpc) is 3.43. The van der Waals surface area contributed by atoms with Crippen molar-refractivity contribution in [1.29, 1.82) is 0 Å². The number of benzene rings is 2. The van der Waals surface area contributed by atoms with E-state index < -0.39 is 41.5 Å². The molecule has 4 N–H and O–H groups in total. The predicted molar refractivity (Wildman–Crippen MR) is 160 cm³/mol. The Hall–Kier alpha value is -4.27. The maximum absolute atomic E-state index is 13.7. The van der Waals surface area contributed by atoms with E-state index >= 15 is 0 Å². The van der Waals surface area contributed by atoms with Crippen molar-refractivity contribution in [1.82, 2.24) is 21.3 Å². The second-order valence-electron chi connectivity index (χ2n) is 11.2. The topological polar surface area (TPSA) is 133 Å². The summed E-state index contributed by atoms with van der Waals surface area (Å²) in [6.45, 7) is 0.636. The summed E-state index contributed by atoms with van der Waals surface area (Å²) in [6, 6.07) is 16.5. The minimum atomic E-state index is -1.20. The van der Waals surface area contributed by atoms with Gasteiger partial charge < -0.3 is 21.3 Å². The summed E-state index contributed by atoms with van der Waals surface area (Å²) in [5.74, 6) is -3.04. The molecular formula is C33H40N4O5. The maximum atomic E-state index is 13.7. The quantitative estimate of drug-likeness (QED) is 0.216. The van der Waals surface area contributed by atoms with Gasteiger partial charge in [-0.1, -0.05) is 92.8 Å². The van der Waals surface area contributed by atoms with Crippen LogP contribution in [0.15, 0.2) is 66.7 Å². The highest BCUT2D eigenvalue weighted by atomic mass is 16.2. The molecule has 1 aliphatic heterocycles. The molecule has 4 amide bonds. The lowest BCUT2D eigenvalue weighted by Gasteiger charge is -2.28. The fourth-order valence-corrected chi connectivity index (χ4v) is 5.63. The van der Waals surface area contributed by atoms with Crippen molar-refractivity contribution >= 4 is 35.5 Å². The monoisotopic (exact) mass is 572 g/mol. The number of hydrogen-bond donors (Lipinski definition) is 4. The van der Waals surface area contributed by atoms with Crippen molar-refractivity contribution in [2.75, 3.05) is 6.54 Å². The average molecular weight is 573 g/mol. The molecule has 2 aromatic carbocycles. The van der Waals surface area contributed by atoms with Gasteiger partial charge in [0, 0.05) is 25.1 Å². The summed E-state index contributed by atoms with van der Waals surface area (Å²) in [5, 5.41) is 10.9. The van der Waals surface area contributed by atoms with E-state index in [1.165, 1.54) is 6.08 Å². The lowest BCUT2D eigenvalue weighted by Crippen LogP contribution is -2.54. The molecule has 0 bridgehead atoms. The molecule has 4 rings (SSSR count). The number of rotatable bonds is 13. The van der Waals surface area contributed by atoms with Crippen LogP contribution in [0.2, 0.25) is 0 Å². The molecule has 2 aliphatic rings. The third-order valence-electron chi connectivity index (χ3n) is 7.99. The molecular weight excluding hydrogens is 532 g/mol. The number of carbonyl (C=O) groups excluding carboxylic acids is 5. The normalized spacial score (nSPS) is 18.6. The third-order valence-corrected chi connectivity index (χ3v) is 7.99. The molecule has 222 valence electrons. The number of hydrogen-bond acceptors (Lipinski definition) is 5. The van der Waals surface area contributed by atoms with Crippen LogP contribution in [0.3, 0.4) is 0 Å². The van der Waals surface area contributed by atoms with Gasteiger partial charge in [-0.2, -0.15) is 0 Å². The highest BCUT2D eigenvalue weighted by Gasteiger charge is 2.36. The molecule has 2 fully saturated rings. The van der Waals surface area contributed by atoms with Crippen LogP contribution in [0, 0.1) is 11.8 Å². The van der Waals surface area contributed by atoms with Crippen molar-refractivity contribution in [2.45, 2.75) is 70.0 Å². The van der Waals surface area contributed by atoms with Gasteiger partial charge in [-0.25, -0.2) is 0 Å². The Labute approximate surface area is 246 Å². The number of nitrogens with one attached hydrogen (secondary N) is 4. The molecule has 0 aromatic heterocycles. The molecule has 9 nitrogen and oxygen atoms in total. The lowest BCUT2D eigenvalue weighted by molar-refractivity contribution is -0.141. The van der Waals surface area contributed by atoms with Crippen molar-refractivity contribution in [3.63, 3.8) is 0 Å². The Kier molecular flexibility index (Phi) is 11.4. The maximum Gasteiger partial charge on any atom is 0.289 e. The van der Waals surface area contributed by atoms with Gasteiger partial charge in [0.05, 0.1) is 6.04 Å². The summed E-state index contributed by atoms with van der Waals surface area (Å²) in [5.41, 5.74) is 1.68. The van der Waals surface area contributed by atoms with E-state index in [4.69, 9.17) is 0 Å². The first-order valence-corrected chi connectivity index (χ1v) is 14.9. The third kappa shape index (κ3) is 9.39. The smallest absolute Gasteiger partial charge is 0.289 e. The minimum absolute atomic E-state index is 0.00711. The summed E-state index contributed by atoms with van der Waals surface area (Å²) in [7, 11) is 0. The standard InChI is InChI=1S/C33H40N4O5/c38-29(17-16-23-10-4-1-5-11-23)36-28(20-24-12-6-2-7-13-24)32(41)37-27(21-26-18-19-34-31(26)40)30(39)33(42)35-22-25-14-8-3-9-15-25/h1,3-5,8-11,14-17,24,26-28H,2,6-7,12-13,18-22H2,(H,34,40)(H,35,42)(H,36,38)(H,37,41)/b17-16+/t26-,27?,28?/m0/s1. The largest absolute Gasteiger partial charge is 0.356 e. The summed E-state index contributed by atoms with van der Waals surface area (Å²) in [4.78, 5) is 65.1. The Bertz CT molecular complexity index is 1260. The van der Waals surface area contributed by atoms with E-state index in [0.29, 0.717) is 19.4 Å². The number of ketones is 1. The van der Waals surface area contributed by atoms with E-state index in [9.17, 15) is 24.0 Å². The molecule has 2 unspecified atom stereocenters. The van der Waals surface area contributed by atoms with Gasteiger partial charge in [-0.3, -0.25) is 24.0 Å². The van der Waals surface area contributed by atoms with Crippen LogP contribution in [-0.4, -0.2) is 48.0 Å². The SMILES string of the molecule is O=C(/C=C/c1ccccc1)NC(CC1CCCCC1)C(=O)NC(C[C@@H]1CCNC1=O)C(=O)C(=O)NCc1ccccc1. The first kappa shape index (κ1) is 30.7. The number of Topliss-reactive ketones (excluding diaryl/α,β-unsaturated/α-hetero) is 1. The zero-order valence-corrected chi connectivity index (χ0v) is 23.8. The van der Waals surface area contributed by atoms with Gasteiger partial charge in [0.1, 0.15) is 6.04 Å². The van der Waals surface area contributed by atoms with E-state index in [0.717, 1.165) is 43.2 Å². The first-order valence-electron chi connectivity index (χ1n) is 14.9. The summed E-state index contributed by atoms with van der Waals surface area (Å²) in [6.07, 6.45) is 9.23. The van der Waals surface area contributed by atoms with Gasteiger partial charge in [-0.15, -0.1) is 0 Å². The highest BCUT2D eigenvalue weighted by molar-refractivity contribution is 6.38. The van der Waals surface area contributed by atoms with Gasteiger partial charge in [0.15, 0.2) is 0 Å². The highest BCUT2D eigenvalue weighted by Crippen LogP contribution is 2.27. The van der Waals surface area contributed by atoms with Crippen LogP contribution < -0.4 is 21.3 Å². The van der Waals surface area contributed by atoms with Crippen LogP contribution in [0.25, 0.3) is 6.08 Å². The van der Waals surface area contributed by atoms with Gasteiger partial charge in [-0.05, 0) is 42.4 Å². The number of amides is 4. The van der Waals surface area contributed by atoms with Crippen LogP contribution in [0.1, 0.15) is 62.5 Å². The predicted octanol–water partition coefficient (Wildman–Crippen LogP) is 3.05. The van der Waals surface area contributed by atoms with E-state index in [1.54, 1.807) is 6.08 Å². The van der Waals surface area contributed by atoms with E-state index in [2.05, 4.69) is 21.3 Å². The molecule has 1 heterocycles. The molecule has 9 heteroatoms. The Morgan fingerprint density at radius 3 is 2.19 bits per heavy atom. The van der Waals surface area contributed by atoms with Gasteiger partial charge >= 0.3 is 0 Å². The fourth-order valence-electron chi connectivity index (χ4n) is 5.63. The molecule has 0 spiro atoms.